The predicted molar refractivity (Wildman–Crippen MR) is 106 cm³/mol. The molecule has 0 unspecified atom stereocenters. The monoisotopic (exact) mass is 458 g/mol. The lowest BCUT2D eigenvalue weighted by molar-refractivity contribution is -0.175. The molecule has 1 amide bonds. The van der Waals surface area contributed by atoms with Crippen molar-refractivity contribution in [1.82, 2.24) is 9.97 Å². The van der Waals surface area contributed by atoms with Gasteiger partial charge in [0.05, 0.1) is 22.8 Å². The molecule has 1 aromatic heterocycles. The Balaban J connectivity index is 1.82. The summed E-state index contributed by atoms with van der Waals surface area (Å²) in [5, 5.41) is 5.87. The Hall–Kier alpha value is -3.18. The van der Waals surface area contributed by atoms with Gasteiger partial charge in [-0.05, 0) is 24.3 Å². The van der Waals surface area contributed by atoms with Crippen molar-refractivity contribution in [3.63, 3.8) is 0 Å². The Morgan fingerprint density at radius 3 is 2.65 bits per heavy atom. The number of carbonyl (C=O) groups excluding carboxylic acids is 1. The van der Waals surface area contributed by atoms with Crippen molar-refractivity contribution >= 4 is 46.1 Å². The van der Waals surface area contributed by atoms with Crippen molar-refractivity contribution in [3.8, 4) is 5.75 Å². The van der Waals surface area contributed by atoms with Crippen LogP contribution in [-0.4, -0.2) is 42.4 Å². The second-order valence-electron chi connectivity index (χ2n) is 6.12. The standard InChI is InChI=1S/C19H15ClF4N4O3/c20-13-5-11(1-2-14(13)21)28-18-12-6-16(27-10-29)17(7-15(12)25-9-26-18)31-4-3-30-8-19(22,23)24/h1-2,5-7,9-10H,3-4,8H2,(H,27,29)(H,25,26,28). The van der Waals surface area contributed by atoms with Gasteiger partial charge in [-0.3, -0.25) is 4.79 Å². The molecule has 0 aliphatic carbocycles. The van der Waals surface area contributed by atoms with Gasteiger partial charge in [0.25, 0.3) is 0 Å². The van der Waals surface area contributed by atoms with Crippen LogP contribution in [0.2, 0.25) is 5.02 Å². The topological polar surface area (TPSA) is 85.4 Å². The summed E-state index contributed by atoms with van der Waals surface area (Å²) in [5.74, 6) is -0.0374. The number of rotatable bonds is 9. The Morgan fingerprint density at radius 2 is 1.94 bits per heavy atom. The number of ether oxygens (including phenoxy) is 2. The fourth-order valence-electron chi connectivity index (χ4n) is 2.59. The van der Waals surface area contributed by atoms with Crippen LogP contribution in [0.3, 0.4) is 0 Å². The van der Waals surface area contributed by atoms with Crippen molar-refractivity contribution in [1.29, 1.82) is 0 Å². The van der Waals surface area contributed by atoms with Gasteiger partial charge >= 0.3 is 6.18 Å². The van der Waals surface area contributed by atoms with Gasteiger partial charge < -0.3 is 20.1 Å². The molecule has 0 aliphatic rings. The lowest BCUT2D eigenvalue weighted by Gasteiger charge is -2.14. The highest BCUT2D eigenvalue weighted by Gasteiger charge is 2.27. The molecule has 0 fully saturated rings. The number of amides is 1. The van der Waals surface area contributed by atoms with Gasteiger partial charge in [0.2, 0.25) is 6.41 Å². The number of alkyl halides is 3. The molecule has 0 saturated heterocycles. The summed E-state index contributed by atoms with van der Waals surface area (Å²) in [6.45, 7) is -1.87. The number of hydrogen-bond donors (Lipinski definition) is 2. The van der Waals surface area contributed by atoms with Crippen LogP contribution < -0.4 is 15.4 Å². The summed E-state index contributed by atoms with van der Waals surface area (Å²) in [6, 6.07) is 7.07. The SMILES string of the molecule is O=CNc1cc2c(Nc3ccc(F)c(Cl)c3)ncnc2cc1OCCOCC(F)(F)F. The molecule has 164 valence electrons. The predicted octanol–water partition coefficient (Wildman–Crippen LogP) is 4.69. The van der Waals surface area contributed by atoms with E-state index in [1.165, 1.54) is 36.7 Å². The minimum Gasteiger partial charge on any atom is -0.489 e. The fourth-order valence-corrected chi connectivity index (χ4v) is 2.77. The van der Waals surface area contributed by atoms with E-state index in [2.05, 4.69) is 25.3 Å². The second-order valence-corrected chi connectivity index (χ2v) is 6.53. The number of aromatic nitrogens is 2. The van der Waals surface area contributed by atoms with Gasteiger partial charge in [-0.2, -0.15) is 13.2 Å². The molecule has 7 nitrogen and oxygen atoms in total. The first kappa shape index (κ1) is 22.5. The second kappa shape index (κ2) is 9.75. The number of hydrogen-bond acceptors (Lipinski definition) is 6. The third kappa shape index (κ3) is 6.15. The molecule has 0 spiro atoms. The number of fused-ring (bicyclic) bond motifs is 1. The normalized spacial score (nSPS) is 11.4. The van der Waals surface area contributed by atoms with Gasteiger partial charge in [-0.1, -0.05) is 11.6 Å². The van der Waals surface area contributed by atoms with Gasteiger partial charge in [0, 0.05) is 17.1 Å². The molecule has 0 atom stereocenters. The lowest BCUT2D eigenvalue weighted by Crippen LogP contribution is -2.19. The number of anilines is 3. The van der Waals surface area contributed by atoms with E-state index in [9.17, 15) is 22.4 Å². The summed E-state index contributed by atoms with van der Waals surface area (Å²) < 4.78 is 59.7. The molecule has 0 aliphatic heterocycles. The van der Waals surface area contributed by atoms with E-state index in [0.29, 0.717) is 28.8 Å². The van der Waals surface area contributed by atoms with Crippen molar-refractivity contribution in [2.45, 2.75) is 6.18 Å². The van der Waals surface area contributed by atoms with Gasteiger partial charge in [-0.25, -0.2) is 14.4 Å². The van der Waals surface area contributed by atoms with Crippen molar-refractivity contribution in [3.05, 3.63) is 47.5 Å². The molecular weight excluding hydrogens is 444 g/mol. The number of carbonyl (C=O) groups is 1. The van der Waals surface area contributed by atoms with E-state index in [0.717, 1.165) is 0 Å². The Kier molecular flexibility index (Phi) is 7.08. The van der Waals surface area contributed by atoms with Gasteiger partial charge in [-0.15, -0.1) is 0 Å². The molecule has 12 heteroatoms. The Morgan fingerprint density at radius 1 is 1.13 bits per heavy atom. The van der Waals surface area contributed by atoms with E-state index in [1.807, 2.05) is 0 Å². The van der Waals surface area contributed by atoms with Crippen LogP contribution >= 0.6 is 11.6 Å². The van der Waals surface area contributed by atoms with Crippen LogP contribution in [0.1, 0.15) is 0 Å². The van der Waals surface area contributed by atoms with Crippen LogP contribution in [0.5, 0.6) is 5.75 Å². The van der Waals surface area contributed by atoms with Crippen LogP contribution in [0.25, 0.3) is 10.9 Å². The van der Waals surface area contributed by atoms with Crippen LogP contribution in [0, 0.1) is 5.82 Å². The zero-order valence-electron chi connectivity index (χ0n) is 15.7. The highest BCUT2D eigenvalue weighted by atomic mass is 35.5. The van der Waals surface area contributed by atoms with Crippen LogP contribution in [0.4, 0.5) is 34.8 Å². The smallest absolute Gasteiger partial charge is 0.411 e. The third-order valence-electron chi connectivity index (χ3n) is 3.88. The maximum absolute atomic E-state index is 13.4. The minimum atomic E-state index is -4.43. The highest BCUT2D eigenvalue weighted by molar-refractivity contribution is 6.31. The largest absolute Gasteiger partial charge is 0.489 e. The Bertz CT molecular complexity index is 1080. The number of nitrogens with one attached hydrogen (secondary N) is 2. The van der Waals surface area contributed by atoms with E-state index in [4.69, 9.17) is 16.3 Å². The molecular formula is C19H15ClF4N4O3. The van der Waals surface area contributed by atoms with Crippen LogP contribution in [-0.2, 0) is 9.53 Å². The Labute approximate surface area is 178 Å². The third-order valence-corrected chi connectivity index (χ3v) is 4.17. The van der Waals surface area contributed by atoms with Crippen molar-refractivity contribution in [2.24, 2.45) is 0 Å². The van der Waals surface area contributed by atoms with E-state index >= 15 is 0 Å². The molecule has 31 heavy (non-hydrogen) atoms. The average molecular weight is 459 g/mol. The van der Waals surface area contributed by atoms with Crippen molar-refractivity contribution < 1.29 is 31.8 Å². The number of benzene rings is 2. The van der Waals surface area contributed by atoms with Crippen molar-refractivity contribution in [2.75, 3.05) is 30.5 Å². The number of halogens is 5. The zero-order chi connectivity index (χ0) is 22.4. The quantitative estimate of drug-likeness (QED) is 0.275. The minimum absolute atomic E-state index is 0.0740. The highest BCUT2D eigenvalue weighted by Crippen LogP contribution is 2.33. The molecule has 3 rings (SSSR count). The molecule has 0 radical (unpaired) electrons. The summed E-state index contributed by atoms with van der Waals surface area (Å²) in [7, 11) is 0. The summed E-state index contributed by atoms with van der Waals surface area (Å²) in [6.07, 6.45) is -2.73. The molecule has 3 aromatic rings. The summed E-state index contributed by atoms with van der Waals surface area (Å²) >= 11 is 5.80. The first-order valence-corrected chi connectivity index (χ1v) is 9.13. The molecule has 1 heterocycles. The molecule has 2 N–H and O–H groups in total. The van der Waals surface area contributed by atoms with Gasteiger partial charge in [0.15, 0.2) is 0 Å². The first-order chi connectivity index (χ1) is 14.8. The van der Waals surface area contributed by atoms with Gasteiger partial charge in [0.1, 0.15) is 36.9 Å². The molecule has 0 saturated carbocycles. The maximum atomic E-state index is 13.4. The zero-order valence-corrected chi connectivity index (χ0v) is 16.4. The van der Waals surface area contributed by atoms with E-state index in [1.54, 1.807) is 0 Å². The van der Waals surface area contributed by atoms with E-state index in [-0.39, 0.29) is 29.7 Å². The van der Waals surface area contributed by atoms with Crippen LogP contribution in [0.15, 0.2) is 36.7 Å². The summed E-state index contributed by atoms with van der Waals surface area (Å²) in [5.41, 5.74) is 1.14. The first-order valence-electron chi connectivity index (χ1n) is 8.75. The summed E-state index contributed by atoms with van der Waals surface area (Å²) in [4.78, 5) is 19.3. The lowest BCUT2D eigenvalue weighted by atomic mass is 10.2. The maximum Gasteiger partial charge on any atom is 0.411 e. The molecule has 0 bridgehead atoms. The fraction of sp³-hybridized carbons (Fsp3) is 0.211. The number of nitrogens with zero attached hydrogens (tertiary/aromatic N) is 2. The molecule has 2 aromatic carbocycles. The average Bonchev–Trinajstić information content (AvgIpc) is 2.70. The van der Waals surface area contributed by atoms with E-state index < -0.39 is 18.6 Å².